The second-order valence-corrected chi connectivity index (χ2v) is 10.7. The highest BCUT2D eigenvalue weighted by Crippen LogP contribution is 2.30. The number of fused-ring (bicyclic) bond motifs is 1. The largest absolute Gasteiger partial charge is 0.465 e. The molecule has 39 heavy (non-hydrogen) atoms. The van der Waals surface area contributed by atoms with Crippen molar-refractivity contribution in [3.05, 3.63) is 59.2 Å². The minimum Gasteiger partial charge on any atom is -0.465 e. The van der Waals surface area contributed by atoms with Gasteiger partial charge in [-0.1, -0.05) is 12.1 Å². The number of esters is 1. The lowest BCUT2D eigenvalue weighted by Gasteiger charge is -2.34. The van der Waals surface area contributed by atoms with Gasteiger partial charge in [0.25, 0.3) is 0 Å². The number of ether oxygens (including phenoxy) is 2. The van der Waals surface area contributed by atoms with E-state index in [1.165, 1.54) is 19.2 Å². The molecule has 1 aromatic heterocycles. The summed E-state index contributed by atoms with van der Waals surface area (Å²) in [6.07, 6.45) is -3.01. The highest BCUT2D eigenvalue weighted by molar-refractivity contribution is 5.94. The molecule has 0 bridgehead atoms. The van der Waals surface area contributed by atoms with E-state index in [0.717, 1.165) is 30.5 Å². The van der Waals surface area contributed by atoms with Crippen molar-refractivity contribution in [2.45, 2.75) is 58.5 Å². The number of likely N-dealkylation sites (tertiary alicyclic amines) is 1. The number of carbonyl (C=O) groups excluding carboxylic acids is 2. The molecule has 1 aliphatic heterocycles. The molecule has 1 saturated heterocycles. The Labute approximate surface area is 225 Å². The highest BCUT2D eigenvalue weighted by Gasteiger charge is 2.30. The Morgan fingerprint density at radius 3 is 2.46 bits per heavy atom. The van der Waals surface area contributed by atoms with Crippen LogP contribution in [0.25, 0.3) is 11.0 Å². The zero-order valence-electron chi connectivity index (χ0n) is 22.5. The van der Waals surface area contributed by atoms with Gasteiger partial charge in [0.2, 0.25) is 5.95 Å². The van der Waals surface area contributed by atoms with Crippen molar-refractivity contribution in [1.82, 2.24) is 14.5 Å². The third-order valence-electron chi connectivity index (χ3n) is 6.51. The fourth-order valence-corrected chi connectivity index (χ4v) is 4.65. The first-order valence-corrected chi connectivity index (χ1v) is 12.8. The Bertz CT molecular complexity index is 1330. The van der Waals surface area contributed by atoms with Crippen molar-refractivity contribution in [2.24, 2.45) is 5.92 Å². The first-order valence-electron chi connectivity index (χ1n) is 12.8. The van der Waals surface area contributed by atoms with Gasteiger partial charge >= 0.3 is 18.2 Å². The van der Waals surface area contributed by atoms with E-state index in [2.05, 4.69) is 10.3 Å². The van der Waals surface area contributed by atoms with Crippen molar-refractivity contribution in [3.8, 4) is 0 Å². The maximum absolute atomic E-state index is 12.9. The second-order valence-electron chi connectivity index (χ2n) is 10.7. The zero-order chi connectivity index (χ0) is 28.4. The van der Waals surface area contributed by atoms with E-state index in [4.69, 9.17) is 9.47 Å². The van der Waals surface area contributed by atoms with E-state index in [-0.39, 0.29) is 18.6 Å². The number of methoxy groups -OCH3 is 1. The van der Waals surface area contributed by atoms with Gasteiger partial charge in [0, 0.05) is 26.2 Å². The molecular formula is C28H33F3N4O4. The van der Waals surface area contributed by atoms with E-state index in [0.29, 0.717) is 42.2 Å². The summed E-state index contributed by atoms with van der Waals surface area (Å²) in [6.45, 7) is 7.44. The lowest BCUT2D eigenvalue weighted by atomic mass is 9.98. The summed E-state index contributed by atoms with van der Waals surface area (Å²) in [6, 6.07) is 10.1. The third-order valence-corrected chi connectivity index (χ3v) is 6.51. The van der Waals surface area contributed by atoms with Gasteiger partial charge in [0.15, 0.2) is 0 Å². The van der Waals surface area contributed by atoms with Crippen LogP contribution in [-0.2, 0) is 28.7 Å². The molecule has 1 fully saturated rings. The number of aromatic nitrogens is 2. The first kappa shape index (κ1) is 28.3. The number of anilines is 1. The van der Waals surface area contributed by atoms with Gasteiger partial charge < -0.3 is 24.3 Å². The number of amides is 1. The molecular weight excluding hydrogens is 513 g/mol. The number of rotatable bonds is 6. The van der Waals surface area contributed by atoms with Crippen molar-refractivity contribution in [3.63, 3.8) is 0 Å². The summed E-state index contributed by atoms with van der Waals surface area (Å²) in [4.78, 5) is 31.2. The van der Waals surface area contributed by atoms with Crippen molar-refractivity contribution in [2.75, 3.05) is 25.5 Å². The van der Waals surface area contributed by atoms with Gasteiger partial charge in [0.1, 0.15) is 5.60 Å². The molecule has 0 spiro atoms. The fourth-order valence-electron chi connectivity index (χ4n) is 4.65. The van der Waals surface area contributed by atoms with Crippen LogP contribution < -0.4 is 5.32 Å². The van der Waals surface area contributed by atoms with Crippen molar-refractivity contribution < 1.29 is 32.2 Å². The van der Waals surface area contributed by atoms with Gasteiger partial charge in [-0.15, -0.1) is 0 Å². The molecule has 8 nitrogen and oxygen atoms in total. The fraction of sp³-hybridized carbons (Fsp3) is 0.464. The number of hydrogen-bond acceptors (Lipinski definition) is 6. The lowest BCUT2D eigenvalue weighted by Crippen LogP contribution is -2.43. The number of piperidine rings is 1. The minimum atomic E-state index is -4.40. The van der Waals surface area contributed by atoms with Gasteiger partial charge in [0.05, 0.1) is 29.3 Å². The van der Waals surface area contributed by atoms with Gasteiger partial charge in [-0.3, -0.25) is 0 Å². The number of nitrogens with one attached hydrogen (secondary N) is 1. The molecule has 3 aromatic rings. The molecule has 1 unspecified atom stereocenters. The number of benzene rings is 2. The maximum Gasteiger partial charge on any atom is 0.416 e. The summed E-state index contributed by atoms with van der Waals surface area (Å²) in [7, 11) is 1.31. The highest BCUT2D eigenvalue weighted by atomic mass is 19.4. The number of alkyl halides is 3. The molecule has 1 aliphatic rings. The second kappa shape index (κ2) is 11.2. The zero-order valence-corrected chi connectivity index (χ0v) is 22.5. The normalized spacial score (nSPS) is 16.3. The van der Waals surface area contributed by atoms with E-state index in [1.54, 1.807) is 23.1 Å². The number of halogens is 3. The van der Waals surface area contributed by atoms with E-state index in [1.807, 2.05) is 25.3 Å². The van der Waals surface area contributed by atoms with Crippen LogP contribution >= 0.6 is 0 Å². The summed E-state index contributed by atoms with van der Waals surface area (Å²) in [5.41, 5.74) is 1.08. The van der Waals surface area contributed by atoms with Crippen molar-refractivity contribution in [1.29, 1.82) is 0 Å². The SMILES string of the molecule is COC(=O)c1ccc2c(c1)nc(NCc1ccc(C(F)(F)F)cc1)n2CC1CCCN(C(=O)OC(C)(C)C)C1. The molecule has 1 atom stereocenters. The molecule has 2 heterocycles. The quantitative estimate of drug-likeness (QED) is 0.376. The van der Waals surface area contributed by atoms with Crippen molar-refractivity contribution >= 4 is 29.0 Å². The molecule has 4 rings (SSSR count). The molecule has 1 N–H and O–H groups in total. The Hall–Kier alpha value is -3.76. The lowest BCUT2D eigenvalue weighted by molar-refractivity contribution is -0.137. The molecule has 0 aliphatic carbocycles. The number of hydrogen-bond donors (Lipinski definition) is 1. The Morgan fingerprint density at radius 1 is 1.10 bits per heavy atom. The topological polar surface area (TPSA) is 85.7 Å². The Kier molecular flexibility index (Phi) is 8.08. The molecule has 0 radical (unpaired) electrons. The number of carbonyl (C=O) groups is 2. The molecule has 1 amide bonds. The van der Waals surface area contributed by atoms with E-state index < -0.39 is 23.3 Å². The predicted octanol–water partition coefficient (Wildman–Crippen LogP) is 6.10. The summed E-state index contributed by atoms with van der Waals surface area (Å²) < 4.78 is 51.2. The average molecular weight is 547 g/mol. The number of nitrogens with zero attached hydrogens (tertiary/aromatic N) is 3. The van der Waals surface area contributed by atoms with Crippen LogP contribution in [0.15, 0.2) is 42.5 Å². The molecule has 0 saturated carbocycles. The number of imidazole rings is 1. The van der Waals surface area contributed by atoms with Crippen LogP contribution in [0.5, 0.6) is 0 Å². The minimum absolute atomic E-state index is 0.121. The van der Waals surface area contributed by atoms with Gasteiger partial charge in [-0.2, -0.15) is 13.2 Å². The van der Waals surface area contributed by atoms with Crippen LogP contribution in [0.4, 0.5) is 23.9 Å². The van der Waals surface area contributed by atoms with E-state index in [9.17, 15) is 22.8 Å². The van der Waals surface area contributed by atoms with Crippen LogP contribution in [0.2, 0.25) is 0 Å². The van der Waals surface area contributed by atoms with Crippen LogP contribution in [0, 0.1) is 5.92 Å². The smallest absolute Gasteiger partial charge is 0.416 e. The Morgan fingerprint density at radius 2 is 1.82 bits per heavy atom. The standard InChI is InChI=1S/C28H33F3N4O4/c1-27(2,3)39-26(37)34-13-5-6-19(16-34)17-35-23-12-9-20(24(36)38-4)14-22(23)33-25(35)32-15-18-7-10-21(11-8-18)28(29,30)31/h7-12,14,19H,5-6,13,15-17H2,1-4H3,(H,32,33). The van der Waals surface area contributed by atoms with Crippen LogP contribution in [0.3, 0.4) is 0 Å². The summed E-state index contributed by atoms with van der Waals surface area (Å²) in [5, 5.41) is 3.24. The van der Waals surface area contributed by atoms with E-state index >= 15 is 0 Å². The first-order chi connectivity index (χ1) is 18.3. The maximum atomic E-state index is 12.9. The molecule has 2 aromatic carbocycles. The van der Waals surface area contributed by atoms with Gasteiger partial charge in [-0.25, -0.2) is 14.6 Å². The average Bonchev–Trinajstić information content (AvgIpc) is 3.22. The van der Waals surface area contributed by atoms with Crippen LogP contribution in [-0.4, -0.2) is 52.3 Å². The monoisotopic (exact) mass is 546 g/mol. The summed E-state index contributed by atoms with van der Waals surface area (Å²) in [5.74, 6) is 0.155. The Balaban J connectivity index is 1.58. The molecule has 11 heteroatoms. The van der Waals surface area contributed by atoms with Crippen LogP contribution in [0.1, 0.15) is 55.1 Å². The predicted molar refractivity (Wildman–Crippen MR) is 140 cm³/mol. The molecule has 210 valence electrons. The third kappa shape index (κ3) is 7.01. The summed E-state index contributed by atoms with van der Waals surface area (Å²) >= 11 is 0. The van der Waals surface area contributed by atoms with Gasteiger partial charge in [-0.05, 0) is 75.4 Å².